The van der Waals surface area contributed by atoms with Gasteiger partial charge in [-0.25, -0.2) is 4.98 Å². The van der Waals surface area contributed by atoms with Gasteiger partial charge in [-0.3, -0.25) is 0 Å². The van der Waals surface area contributed by atoms with E-state index in [-0.39, 0.29) is 0 Å². The molecule has 1 saturated heterocycles. The minimum atomic E-state index is 0.652. The van der Waals surface area contributed by atoms with E-state index in [1.54, 1.807) is 0 Å². The number of ether oxygens (including phenoxy) is 1. The maximum absolute atomic E-state index is 5.41. The number of anilines is 3. The molecule has 2 aromatic rings. The maximum atomic E-state index is 5.41. The molecule has 1 aromatic carbocycles. The lowest BCUT2D eigenvalue weighted by atomic mass is 10.1. The first-order valence-electron chi connectivity index (χ1n) is 7.65. The number of aromatic nitrogens is 2. The number of morpholine rings is 1. The molecule has 1 aliphatic rings. The molecule has 116 valence electrons. The van der Waals surface area contributed by atoms with E-state index in [9.17, 15) is 0 Å². The number of benzene rings is 1. The lowest BCUT2D eigenvalue weighted by molar-refractivity contribution is 0.122. The molecule has 2 heterocycles. The summed E-state index contributed by atoms with van der Waals surface area (Å²) in [5, 5.41) is 3.38. The first kappa shape index (κ1) is 14.8. The summed E-state index contributed by atoms with van der Waals surface area (Å²) in [4.78, 5) is 11.5. The molecular weight excluding hydrogens is 276 g/mol. The van der Waals surface area contributed by atoms with Gasteiger partial charge in [-0.05, 0) is 31.9 Å². The molecule has 0 spiro atoms. The third-order valence-electron chi connectivity index (χ3n) is 3.89. The van der Waals surface area contributed by atoms with Crippen molar-refractivity contribution in [1.82, 2.24) is 9.97 Å². The van der Waals surface area contributed by atoms with Crippen molar-refractivity contribution in [2.45, 2.75) is 20.8 Å². The average molecular weight is 298 g/mol. The standard InChI is InChI=1S/C17H22N4O/c1-12-5-4-6-13(2)16(12)20-17-18-14(3)11-15(19-17)21-7-9-22-10-8-21/h4-6,11H,7-10H2,1-3H3,(H,18,19,20). The molecule has 0 unspecified atom stereocenters. The zero-order valence-corrected chi connectivity index (χ0v) is 13.4. The van der Waals surface area contributed by atoms with Gasteiger partial charge in [0.05, 0.1) is 13.2 Å². The summed E-state index contributed by atoms with van der Waals surface area (Å²) in [7, 11) is 0. The smallest absolute Gasteiger partial charge is 0.229 e. The predicted molar refractivity (Wildman–Crippen MR) is 89.0 cm³/mol. The highest BCUT2D eigenvalue weighted by Gasteiger charge is 2.14. The fourth-order valence-corrected chi connectivity index (χ4v) is 2.69. The number of hydrogen-bond donors (Lipinski definition) is 1. The molecule has 1 N–H and O–H groups in total. The molecule has 0 radical (unpaired) electrons. The Morgan fingerprint density at radius 1 is 1.05 bits per heavy atom. The second kappa shape index (κ2) is 6.32. The predicted octanol–water partition coefficient (Wildman–Crippen LogP) is 2.98. The third kappa shape index (κ3) is 3.20. The van der Waals surface area contributed by atoms with Crippen LogP contribution >= 0.6 is 0 Å². The summed E-state index contributed by atoms with van der Waals surface area (Å²) in [6.07, 6.45) is 0. The summed E-state index contributed by atoms with van der Waals surface area (Å²) in [5.74, 6) is 1.61. The first-order valence-corrected chi connectivity index (χ1v) is 7.65. The summed E-state index contributed by atoms with van der Waals surface area (Å²) < 4.78 is 5.41. The Balaban J connectivity index is 1.89. The van der Waals surface area contributed by atoms with Crippen LogP contribution in [0.4, 0.5) is 17.5 Å². The van der Waals surface area contributed by atoms with Crippen molar-refractivity contribution in [3.05, 3.63) is 41.1 Å². The van der Waals surface area contributed by atoms with Crippen LogP contribution < -0.4 is 10.2 Å². The Morgan fingerprint density at radius 2 is 1.73 bits per heavy atom. The van der Waals surface area contributed by atoms with Crippen LogP contribution in [0, 0.1) is 20.8 Å². The number of hydrogen-bond acceptors (Lipinski definition) is 5. The van der Waals surface area contributed by atoms with E-state index in [2.05, 4.69) is 52.2 Å². The van der Waals surface area contributed by atoms with Crippen molar-refractivity contribution in [1.29, 1.82) is 0 Å². The number of para-hydroxylation sites is 1. The molecule has 5 nitrogen and oxygen atoms in total. The van der Waals surface area contributed by atoms with E-state index in [0.29, 0.717) is 5.95 Å². The molecule has 1 aromatic heterocycles. The van der Waals surface area contributed by atoms with Crippen LogP contribution in [0.25, 0.3) is 0 Å². The molecule has 0 aliphatic carbocycles. The fourth-order valence-electron chi connectivity index (χ4n) is 2.69. The molecule has 1 fully saturated rings. The number of nitrogens with one attached hydrogen (secondary N) is 1. The molecule has 5 heteroatoms. The van der Waals surface area contributed by atoms with Crippen molar-refractivity contribution >= 4 is 17.5 Å². The van der Waals surface area contributed by atoms with Gasteiger partial charge < -0.3 is 15.0 Å². The highest BCUT2D eigenvalue weighted by atomic mass is 16.5. The highest BCUT2D eigenvalue weighted by molar-refractivity contribution is 5.63. The van der Waals surface area contributed by atoms with Gasteiger partial charge in [0, 0.05) is 30.5 Å². The lowest BCUT2D eigenvalue weighted by Crippen LogP contribution is -2.36. The minimum Gasteiger partial charge on any atom is -0.378 e. The van der Waals surface area contributed by atoms with Gasteiger partial charge in [-0.2, -0.15) is 4.98 Å². The lowest BCUT2D eigenvalue weighted by Gasteiger charge is -2.28. The molecule has 1 aliphatic heterocycles. The molecule has 3 rings (SSSR count). The molecular formula is C17H22N4O. The van der Waals surface area contributed by atoms with Gasteiger partial charge in [-0.15, -0.1) is 0 Å². The first-order chi connectivity index (χ1) is 10.6. The van der Waals surface area contributed by atoms with Crippen LogP contribution in [-0.4, -0.2) is 36.3 Å². The Morgan fingerprint density at radius 3 is 2.41 bits per heavy atom. The quantitative estimate of drug-likeness (QED) is 0.944. The monoisotopic (exact) mass is 298 g/mol. The van der Waals surface area contributed by atoms with Crippen LogP contribution in [0.15, 0.2) is 24.3 Å². The van der Waals surface area contributed by atoms with Crippen LogP contribution in [0.5, 0.6) is 0 Å². The van der Waals surface area contributed by atoms with Crippen LogP contribution in [0.2, 0.25) is 0 Å². The van der Waals surface area contributed by atoms with E-state index >= 15 is 0 Å². The van der Waals surface area contributed by atoms with Crippen molar-refractivity contribution in [2.75, 3.05) is 36.5 Å². The summed E-state index contributed by atoms with van der Waals surface area (Å²) in [5.41, 5.74) is 4.43. The molecule has 0 saturated carbocycles. The second-order valence-electron chi connectivity index (χ2n) is 5.68. The Bertz CT molecular complexity index is 645. The van der Waals surface area contributed by atoms with Crippen molar-refractivity contribution < 1.29 is 4.74 Å². The van der Waals surface area contributed by atoms with Crippen LogP contribution in [0.1, 0.15) is 16.8 Å². The largest absolute Gasteiger partial charge is 0.378 e. The van der Waals surface area contributed by atoms with Gasteiger partial charge in [-0.1, -0.05) is 18.2 Å². The topological polar surface area (TPSA) is 50.3 Å². The summed E-state index contributed by atoms with van der Waals surface area (Å²) in [6.45, 7) is 9.44. The average Bonchev–Trinajstić information content (AvgIpc) is 2.51. The zero-order valence-electron chi connectivity index (χ0n) is 13.4. The number of rotatable bonds is 3. The Hall–Kier alpha value is -2.14. The van der Waals surface area contributed by atoms with Crippen LogP contribution in [0.3, 0.4) is 0 Å². The Labute approximate surface area is 131 Å². The van der Waals surface area contributed by atoms with Gasteiger partial charge in [0.15, 0.2) is 0 Å². The zero-order chi connectivity index (χ0) is 15.5. The van der Waals surface area contributed by atoms with E-state index < -0.39 is 0 Å². The molecule has 0 bridgehead atoms. The van der Waals surface area contributed by atoms with Gasteiger partial charge in [0.2, 0.25) is 5.95 Å². The second-order valence-corrected chi connectivity index (χ2v) is 5.68. The number of aryl methyl sites for hydroxylation is 3. The normalized spacial score (nSPS) is 15.0. The summed E-state index contributed by atoms with van der Waals surface area (Å²) in [6, 6.07) is 8.27. The van der Waals surface area contributed by atoms with Gasteiger partial charge in [0.25, 0.3) is 0 Å². The number of nitrogens with zero attached hydrogens (tertiary/aromatic N) is 3. The third-order valence-corrected chi connectivity index (χ3v) is 3.89. The minimum absolute atomic E-state index is 0.652. The SMILES string of the molecule is Cc1cc(N2CCOCC2)nc(Nc2c(C)cccc2C)n1. The van der Waals surface area contributed by atoms with Crippen molar-refractivity contribution in [3.63, 3.8) is 0 Å². The van der Waals surface area contributed by atoms with E-state index in [1.165, 1.54) is 11.1 Å². The van der Waals surface area contributed by atoms with Crippen molar-refractivity contribution in [2.24, 2.45) is 0 Å². The van der Waals surface area contributed by atoms with Gasteiger partial charge in [0.1, 0.15) is 5.82 Å². The Kier molecular flexibility index (Phi) is 4.24. The highest BCUT2D eigenvalue weighted by Crippen LogP contribution is 2.24. The fraction of sp³-hybridized carbons (Fsp3) is 0.412. The van der Waals surface area contributed by atoms with Crippen molar-refractivity contribution in [3.8, 4) is 0 Å². The van der Waals surface area contributed by atoms with E-state index in [1.807, 2.05) is 13.0 Å². The summed E-state index contributed by atoms with van der Waals surface area (Å²) >= 11 is 0. The molecule has 22 heavy (non-hydrogen) atoms. The molecule has 0 atom stereocenters. The van der Waals surface area contributed by atoms with Gasteiger partial charge >= 0.3 is 0 Å². The van der Waals surface area contributed by atoms with E-state index in [4.69, 9.17) is 4.74 Å². The van der Waals surface area contributed by atoms with Crippen LogP contribution in [-0.2, 0) is 4.74 Å². The van der Waals surface area contributed by atoms with E-state index in [0.717, 1.165) is 43.5 Å². The maximum Gasteiger partial charge on any atom is 0.229 e. The molecule has 0 amide bonds.